The molecule has 6 aromatic carbocycles. The number of hydrogen-bond donors (Lipinski definition) is 2. The van der Waals surface area contributed by atoms with Crippen LogP contribution in [0.2, 0.25) is 0 Å². The minimum atomic E-state index is -3.98. The first-order valence-corrected chi connectivity index (χ1v) is 38.9. The number of ether oxygens (including phenoxy) is 5. The monoisotopic (exact) mass is 1480 g/mol. The number of carbonyl (C=O) groups excluding carboxylic acids is 2. The second-order valence-corrected chi connectivity index (χ2v) is 33.4. The van der Waals surface area contributed by atoms with Gasteiger partial charge in [-0.3, -0.25) is 5.10 Å². The standard InChI is InChI=1S/C25H31N5O5S.C20H23N5O3S.C16H22N4O2.C9H10ClNO3S/c1-25(2,3)35-24(31)29-13-11-28(12-14-29)23-19-7-5-6-8-20(19)30(26-23)36(32,33)18-9-10-21-22(17-18)34-16-15-27(21)4;1-23-12-13-28-19-14-15(6-7-18(19)23)29(26,27)25-17-5-3-2-4-16(17)20(22-25)24-10-8-21-9-11-24;1-16(2,3)22-15(21)20-10-8-19(9-11-20)14-12-6-4-5-7-13(12)17-18-14;1-11-4-5-14-9-6-7(15(10,12)13)2-3-8(9)11/h5-10,17H,11-16H2,1-4H3;2-7,14,21H,8-13H2,1H3;4-7H,8-11H2,1-3H3,(H,17,18);2-3,6H,4-5H2,1H3. The Kier molecular flexibility index (Phi) is 20.9. The molecule has 544 valence electrons. The minimum absolute atomic E-state index is 0.0678. The van der Waals surface area contributed by atoms with Crippen molar-refractivity contribution in [3.05, 3.63) is 127 Å². The van der Waals surface area contributed by atoms with Crippen molar-refractivity contribution in [2.24, 2.45) is 0 Å². The number of amides is 2. The fourth-order valence-electron chi connectivity index (χ4n) is 12.5. The predicted octanol–water partition coefficient (Wildman–Crippen LogP) is 8.73. The molecule has 0 atom stereocenters. The number of nitrogens with zero attached hydrogens (tertiary/aromatic N) is 13. The molecule has 2 amide bonds. The number of aromatic amines is 1. The first kappa shape index (κ1) is 72.4. The van der Waals surface area contributed by atoms with E-state index >= 15 is 0 Å². The number of aromatic nitrogens is 6. The molecule has 6 aliphatic rings. The highest BCUT2D eigenvalue weighted by Gasteiger charge is 2.34. The van der Waals surface area contributed by atoms with Crippen LogP contribution in [-0.4, -0.2) is 226 Å². The average Bonchev–Trinajstić information content (AvgIpc) is 1.47. The summed E-state index contributed by atoms with van der Waals surface area (Å²) in [5.74, 6) is 3.93. The maximum absolute atomic E-state index is 13.7. The fraction of sp³-hybridized carbons (Fsp3) is 0.414. The minimum Gasteiger partial charge on any atom is -0.490 e. The molecule has 0 aliphatic carbocycles. The van der Waals surface area contributed by atoms with E-state index in [1.165, 1.54) is 12.1 Å². The summed E-state index contributed by atoms with van der Waals surface area (Å²) in [5, 5.41) is 22.6. The van der Waals surface area contributed by atoms with E-state index in [1.807, 2.05) is 126 Å². The van der Waals surface area contributed by atoms with Gasteiger partial charge in [0, 0.05) is 145 Å². The zero-order valence-corrected chi connectivity index (χ0v) is 61.8. The van der Waals surface area contributed by atoms with Gasteiger partial charge in [0.1, 0.15) is 48.3 Å². The number of anilines is 6. The largest absolute Gasteiger partial charge is 0.490 e. The number of hydrogen-bond acceptors (Lipinski definition) is 23. The van der Waals surface area contributed by atoms with Crippen molar-refractivity contribution in [3.63, 3.8) is 0 Å². The maximum atomic E-state index is 13.7. The van der Waals surface area contributed by atoms with E-state index in [1.54, 1.807) is 70.5 Å². The highest BCUT2D eigenvalue weighted by Crippen LogP contribution is 2.39. The molecular formula is C70H86ClN15O13S3. The van der Waals surface area contributed by atoms with Crippen LogP contribution in [0, 0.1) is 0 Å². The van der Waals surface area contributed by atoms with E-state index in [2.05, 4.69) is 46.5 Å². The molecule has 0 bridgehead atoms. The average molecular weight is 1480 g/mol. The Bertz CT molecular complexity index is 4900. The predicted molar refractivity (Wildman–Crippen MR) is 395 cm³/mol. The molecule has 0 unspecified atom stereocenters. The molecule has 102 heavy (non-hydrogen) atoms. The second kappa shape index (κ2) is 29.5. The van der Waals surface area contributed by atoms with Crippen LogP contribution in [0.25, 0.3) is 32.7 Å². The Balaban J connectivity index is 0.000000134. The van der Waals surface area contributed by atoms with Crippen molar-refractivity contribution in [2.45, 2.75) is 67.4 Å². The van der Waals surface area contributed by atoms with Crippen LogP contribution in [0.1, 0.15) is 41.5 Å². The molecule has 9 aromatic rings. The van der Waals surface area contributed by atoms with Crippen molar-refractivity contribution in [1.29, 1.82) is 0 Å². The van der Waals surface area contributed by atoms with E-state index in [9.17, 15) is 34.8 Å². The van der Waals surface area contributed by atoms with Crippen molar-refractivity contribution >= 4 is 119 Å². The van der Waals surface area contributed by atoms with Gasteiger partial charge in [0.2, 0.25) is 0 Å². The lowest BCUT2D eigenvalue weighted by molar-refractivity contribution is 0.0230. The van der Waals surface area contributed by atoms with Gasteiger partial charge >= 0.3 is 12.2 Å². The van der Waals surface area contributed by atoms with E-state index < -0.39 is 40.3 Å². The third kappa shape index (κ3) is 15.9. The van der Waals surface area contributed by atoms with Crippen LogP contribution in [0.5, 0.6) is 17.2 Å². The smallest absolute Gasteiger partial charge is 0.410 e. The Morgan fingerprint density at radius 1 is 0.451 bits per heavy atom. The molecule has 3 saturated heterocycles. The van der Waals surface area contributed by atoms with Crippen LogP contribution >= 0.6 is 10.7 Å². The van der Waals surface area contributed by atoms with Crippen molar-refractivity contribution in [2.75, 3.05) is 169 Å². The Morgan fingerprint density at radius 2 is 0.814 bits per heavy atom. The summed E-state index contributed by atoms with van der Waals surface area (Å²) in [4.78, 5) is 40.8. The van der Waals surface area contributed by atoms with Crippen molar-refractivity contribution < 1.29 is 58.5 Å². The van der Waals surface area contributed by atoms with Gasteiger partial charge in [-0.1, -0.05) is 36.4 Å². The topological polar surface area (TPSA) is 285 Å². The van der Waals surface area contributed by atoms with Crippen LogP contribution in [0.15, 0.2) is 142 Å². The van der Waals surface area contributed by atoms with Gasteiger partial charge < -0.3 is 68.2 Å². The van der Waals surface area contributed by atoms with E-state index in [4.69, 9.17) is 34.4 Å². The highest BCUT2D eigenvalue weighted by atomic mass is 35.7. The van der Waals surface area contributed by atoms with Gasteiger partial charge in [-0.05, 0) is 114 Å². The lowest BCUT2D eigenvalue weighted by atomic mass is 10.2. The molecule has 0 spiro atoms. The van der Waals surface area contributed by atoms with Gasteiger partial charge in [-0.25, -0.2) is 18.0 Å². The number of halogens is 1. The van der Waals surface area contributed by atoms with Gasteiger partial charge in [-0.2, -0.15) is 30.1 Å². The van der Waals surface area contributed by atoms with Gasteiger partial charge in [0.05, 0.1) is 67.9 Å². The summed E-state index contributed by atoms with van der Waals surface area (Å²) in [5.41, 5.74) is 3.73. The molecule has 15 rings (SSSR count). The summed E-state index contributed by atoms with van der Waals surface area (Å²) < 4.78 is 107. The molecule has 3 fully saturated rings. The number of rotatable bonds is 8. The maximum Gasteiger partial charge on any atom is 0.410 e. The lowest BCUT2D eigenvalue weighted by Crippen LogP contribution is -2.50. The van der Waals surface area contributed by atoms with Gasteiger partial charge in [0.25, 0.3) is 29.1 Å². The number of nitrogens with one attached hydrogen (secondary N) is 2. The van der Waals surface area contributed by atoms with E-state index in [0.29, 0.717) is 99.0 Å². The second-order valence-electron chi connectivity index (χ2n) is 27.3. The molecule has 3 aromatic heterocycles. The molecule has 28 nitrogen and oxygen atoms in total. The lowest BCUT2D eigenvalue weighted by Gasteiger charge is -2.35. The SMILES string of the molecule is CC(C)(C)OC(=O)N1CCN(c2n[nH]c3ccccc23)CC1.CN1CCOc2cc(S(=O)(=O)Cl)ccc21.CN1CCOc2cc(S(=O)(=O)n3nc(N4CCN(C(=O)OC(C)(C)C)CC4)c4ccccc43)ccc21.CN1CCOc2cc(S(=O)(=O)n3nc(N4CCNCC4)c4ccccc43)ccc21. The molecule has 2 N–H and O–H groups in total. The zero-order chi connectivity index (χ0) is 72.5. The molecule has 0 radical (unpaired) electrons. The van der Waals surface area contributed by atoms with Crippen LogP contribution in [0.4, 0.5) is 44.1 Å². The van der Waals surface area contributed by atoms with Crippen molar-refractivity contribution in [3.8, 4) is 17.2 Å². The molecular weight excluding hydrogens is 1390 g/mol. The summed E-state index contributed by atoms with van der Waals surface area (Å²) >= 11 is 0. The third-order valence-corrected chi connectivity index (χ3v) is 22.3. The zero-order valence-electron chi connectivity index (χ0n) is 58.6. The quantitative estimate of drug-likeness (QED) is 0.134. The highest BCUT2D eigenvalue weighted by molar-refractivity contribution is 8.13. The van der Waals surface area contributed by atoms with Crippen LogP contribution in [-0.2, 0) is 38.6 Å². The molecule has 6 aliphatic heterocycles. The Morgan fingerprint density at radius 3 is 1.23 bits per heavy atom. The number of H-pyrrole nitrogens is 1. The first-order valence-electron chi connectivity index (χ1n) is 33.7. The molecule has 32 heteroatoms. The number of fused-ring (bicyclic) bond motifs is 6. The Labute approximate surface area is 598 Å². The summed E-state index contributed by atoms with van der Waals surface area (Å²) in [6.45, 7) is 23.1. The first-order chi connectivity index (χ1) is 48.5. The van der Waals surface area contributed by atoms with Crippen LogP contribution in [0.3, 0.4) is 0 Å². The van der Waals surface area contributed by atoms with Crippen LogP contribution < -0.4 is 48.9 Å². The van der Waals surface area contributed by atoms with Gasteiger partial charge in [-0.15, -0.1) is 10.2 Å². The van der Waals surface area contributed by atoms with E-state index in [0.717, 1.165) is 112 Å². The van der Waals surface area contributed by atoms with E-state index in [-0.39, 0.29) is 26.9 Å². The summed E-state index contributed by atoms with van der Waals surface area (Å²) in [6, 6.07) is 37.4. The van der Waals surface area contributed by atoms with Gasteiger partial charge in [0.15, 0.2) is 17.5 Å². The number of para-hydroxylation sites is 3. The molecule has 0 saturated carbocycles. The fourth-order valence-corrected chi connectivity index (χ4v) is 15.9. The number of piperazine rings is 3. The normalized spacial score (nSPS) is 16.6. The number of likely N-dealkylation sites (N-methyl/N-ethyl adjacent to an activating group) is 3. The summed E-state index contributed by atoms with van der Waals surface area (Å²) in [7, 11) is -0.447. The van der Waals surface area contributed by atoms with Crippen molar-refractivity contribution in [1.82, 2.24) is 43.7 Å². The number of benzene rings is 6. The number of carbonyl (C=O) groups is 2. The summed E-state index contributed by atoms with van der Waals surface area (Å²) in [6.07, 6.45) is -0.584. The Hall–Kier alpha value is -9.43. The third-order valence-electron chi connectivity index (χ3n) is 17.8. The molecule has 9 heterocycles.